The van der Waals surface area contributed by atoms with Crippen LogP contribution in [0.25, 0.3) is 0 Å². The number of nitrogens with zero attached hydrogens (tertiary/aromatic N) is 1. The van der Waals surface area contributed by atoms with Gasteiger partial charge in [0.15, 0.2) is 0 Å². The topological polar surface area (TPSA) is 38.9 Å². The number of hydrogen-bond acceptors (Lipinski definition) is 3. The summed E-state index contributed by atoms with van der Waals surface area (Å²) in [5, 5.41) is 0. The molecular weight excluding hydrogens is 168 g/mol. The average molecular weight is 178 g/mol. The van der Waals surface area contributed by atoms with Crippen LogP contribution in [0.5, 0.6) is 0 Å². The number of nitrogens with two attached hydrogens (primary N) is 1. The maximum Gasteiger partial charge on any atom is 0.123 e. The van der Waals surface area contributed by atoms with Gasteiger partial charge in [-0.2, -0.15) is 12.6 Å². The summed E-state index contributed by atoms with van der Waals surface area (Å²) in [5.74, 6) is 6.89. The van der Waals surface area contributed by atoms with Crippen molar-refractivity contribution >= 4 is 18.4 Å². The quantitative estimate of drug-likeness (QED) is 0.463. The lowest BCUT2D eigenvalue weighted by atomic mass is 10.1. The van der Waals surface area contributed by atoms with Crippen LogP contribution in [-0.2, 0) is 0 Å². The smallest absolute Gasteiger partial charge is 0.123 e. The van der Waals surface area contributed by atoms with Gasteiger partial charge >= 0.3 is 0 Å². The molecule has 0 amide bonds. The summed E-state index contributed by atoms with van der Waals surface area (Å²) in [6.45, 7) is 1.96. The van der Waals surface area contributed by atoms with E-state index in [1.54, 1.807) is 6.20 Å². The monoisotopic (exact) mass is 178 g/mol. The molecule has 0 spiro atoms. The molecule has 2 nitrogen and oxygen atoms in total. The van der Waals surface area contributed by atoms with E-state index >= 15 is 0 Å². The second-order valence-corrected chi connectivity index (χ2v) is 2.70. The van der Waals surface area contributed by atoms with Gasteiger partial charge in [-0.1, -0.05) is 11.8 Å². The van der Waals surface area contributed by atoms with Crippen LogP contribution in [0.4, 0.5) is 5.82 Å². The molecule has 1 heterocycles. The fourth-order valence-corrected chi connectivity index (χ4v) is 0.922. The molecule has 0 aliphatic heterocycles. The van der Waals surface area contributed by atoms with Gasteiger partial charge in [0.1, 0.15) is 5.82 Å². The van der Waals surface area contributed by atoms with Crippen molar-refractivity contribution in [3.63, 3.8) is 0 Å². The Kier molecular flexibility index (Phi) is 3.01. The first-order valence-electron chi connectivity index (χ1n) is 3.56. The van der Waals surface area contributed by atoms with Crippen LogP contribution in [-0.4, -0.2) is 10.7 Å². The van der Waals surface area contributed by atoms with Crippen molar-refractivity contribution in [3.05, 3.63) is 23.4 Å². The Hall–Kier alpha value is -1.14. The van der Waals surface area contributed by atoms with E-state index < -0.39 is 0 Å². The molecule has 0 unspecified atom stereocenters. The van der Waals surface area contributed by atoms with E-state index in [-0.39, 0.29) is 0 Å². The van der Waals surface area contributed by atoms with Gasteiger partial charge in [-0.15, -0.1) is 0 Å². The molecule has 62 valence electrons. The third kappa shape index (κ3) is 2.18. The average Bonchev–Trinajstić information content (AvgIpc) is 2.03. The van der Waals surface area contributed by atoms with E-state index in [4.69, 9.17) is 5.73 Å². The van der Waals surface area contributed by atoms with Crippen molar-refractivity contribution < 1.29 is 0 Å². The van der Waals surface area contributed by atoms with Gasteiger partial charge in [-0.05, 0) is 18.6 Å². The molecule has 0 bridgehead atoms. The Labute approximate surface area is 77.6 Å². The molecule has 1 rings (SSSR count). The first-order chi connectivity index (χ1) is 5.74. The second kappa shape index (κ2) is 4.03. The largest absolute Gasteiger partial charge is 0.384 e. The molecule has 2 N–H and O–H groups in total. The molecule has 0 saturated carbocycles. The molecule has 12 heavy (non-hydrogen) atoms. The van der Waals surface area contributed by atoms with Crippen molar-refractivity contribution in [2.24, 2.45) is 0 Å². The lowest BCUT2D eigenvalue weighted by molar-refractivity contribution is 1.27. The second-order valence-electron chi connectivity index (χ2n) is 2.38. The maximum atomic E-state index is 5.48. The van der Waals surface area contributed by atoms with Crippen molar-refractivity contribution in [1.29, 1.82) is 0 Å². The van der Waals surface area contributed by atoms with Gasteiger partial charge in [0, 0.05) is 11.8 Å². The van der Waals surface area contributed by atoms with Crippen LogP contribution in [0.15, 0.2) is 12.3 Å². The van der Waals surface area contributed by atoms with Gasteiger partial charge in [0.05, 0.1) is 5.75 Å². The SMILES string of the molecule is Cc1cc(N)ncc1C#CCS. The minimum atomic E-state index is 0.531. The Bertz CT molecular complexity index is 336. The van der Waals surface area contributed by atoms with Crippen LogP contribution in [0, 0.1) is 18.8 Å². The third-order valence-corrected chi connectivity index (χ3v) is 1.59. The predicted octanol–water partition coefficient (Wildman–Crippen LogP) is 1.25. The zero-order chi connectivity index (χ0) is 8.97. The van der Waals surface area contributed by atoms with Crippen molar-refractivity contribution in [1.82, 2.24) is 4.98 Å². The van der Waals surface area contributed by atoms with E-state index in [1.165, 1.54) is 0 Å². The molecule has 0 atom stereocenters. The zero-order valence-electron chi connectivity index (χ0n) is 6.83. The fourth-order valence-electron chi connectivity index (χ4n) is 0.843. The number of anilines is 1. The van der Waals surface area contributed by atoms with Gasteiger partial charge in [0.2, 0.25) is 0 Å². The van der Waals surface area contributed by atoms with Gasteiger partial charge in [0.25, 0.3) is 0 Å². The summed E-state index contributed by atoms with van der Waals surface area (Å²) in [7, 11) is 0. The van der Waals surface area contributed by atoms with Crippen LogP contribution in [0.2, 0.25) is 0 Å². The minimum absolute atomic E-state index is 0.531. The first kappa shape index (κ1) is 8.95. The highest BCUT2D eigenvalue weighted by Crippen LogP contribution is 2.07. The fraction of sp³-hybridized carbons (Fsp3) is 0.222. The Morgan fingerprint density at radius 2 is 2.42 bits per heavy atom. The summed E-state index contributed by atoms with van der Waals surface area (Å²) in [4.78, 5) is 3.94. The maximum absolute atomic E-state index is 5.48. The van der Waals surface area contributed by atoms with Gasteiger partial charge in [-0.25, -0.2) is 4.98 Å². The van der Waals surface area contributed by atoms with Crippen molar-refractivity contribution in [2.45, 2.75) is 6.92 Å². The van der Waals surface area contributed by atoms with Gasteiger partial charge in [-0.3, -0.25) is 0 Å². The lowest BCUT2D eigenvalue weighted by Crippen LogP contribution is -1.92. The lowest BCUT2D eigenvalue weighted by Gasteiger charge is -1.97. The molecule has 0 radical (unpaired) electrons. The molecule has 0 fully saturated rings. The number of aryl methyl sites for hydroxylation is 1. The molecule has 0 aliphatic carbocycles. The Balaban J connectivity index is 3.01. The normalized spacial score (nSPS) is 8.83. The molecule has 3 heteroatoms. The molecule has 1 aromatic rings. The van der Waals surface area contributed by atoms with Crippen molar-refractivity contribution in [3.8, 4) is 11.8 Å². The number of nitrogen functional groups attached to an aromatic ring is 1. The number of hydrogen-bond donors (Lipinski definition) is 2. The standard InChI is InChI=1S/C9H10N2S/c1-7-5-9(10)11-6-8(7)3-2-4-12/h5-6,12H,4H2,1H3,(H2,10,11). The highest BCUT2D eigenvalue weighted by Gasteiger charge is 1.94. The number of pyridine rings is 1. The van der Waals surface area contributed by atoms with Crippen LogP contribution in [0.1, 0.15) is 11.1 Å². The van der Waals surface area contributed by atoms with Crippen LogP contribution >= 0.6 is 12.6 Å². The Morgan fingerprint density at radius 3 is 3.00 bits per heavy atom. The number of thiol groups is 1. The first-order valence-corrected chi connectivity index (χ1v) is 4.19. The zero-order valence-corrected chi connectivity index (χ0v) is 7.73. The summed E-state index contributed by atoms with van der Waals surface area (Å²) in [6, 6.07) is 1.81. The highest BCUT2D eigenvalue weighted by molar-refractivity contribution is 7.80. The summed E-state index contributed by atoms with van der Waals surface area (Å²) >= 11 is 3.99. The third-order valence-electron chi connectivity index (χ3n) is 1.43. The highest BCUT2D eigenvalue weighted by atomic mass is 32.1. The van der Waals surface area contributed by atoms with Gasteiger partial charge < -0.3 is 5.73 Å². The number of aromatic nitrogens is 1. The summed E-state index contributed by atoms with van der Waals surface area (Å²) < 4.78 is 0. The van der Waals surface area contributed by atoms with E-state index in [1.807, 2.05) is 13.0 Å². The van der Waals surface area contributed by atoms with Crippen LogP contribution in [0.3, 0.4) is 0 Å². The molecular formula is C9H10N2S. The molecule has 0 aliphatic rings. The van der Waals surface area contributed by atoms with Crippen LogP contribution < -0.4 is 5.73 Å². The molecule has 0 saturated heterocycles. The predicted molar refractivity (Wildman–Crippen MR) is 54.1 cm³/mol. The summed E-state index contributed by atoms with van der Waals surface area (Å²) in [5.41, 5.74) is 7.45. The van der Waals surface area contributed by atoms with E-state index in [0.29, 0.717) is 11.6 Å². The Morgan fingerprint density at radius 1 is 1.67 bits per heavy atom. The van der Waals surface area contributed by atoms with E-state index in [0.717, 1.165) is 11.1 Å². The van der Waals surface area contributed by atoms with E-state index in [2.05, 4.69) is 29.5 Å². The minimum Gasteiger partial charge on any atom is -0.384 e. The molecule has 1 aromatic heterocycles. The van der Waals surface area contributed by atoms with Crippen molar-refractivity contribution in [2.75, 3.05) is 11.5 Å². The molecule has 0 aromatic carbocycles. The number of rotatable bonds is 0. The summed E-state index contributed by atoms with van der Waals surface area (Å²) in [6.07, 6.45) is 1.68. The van der Waals surface area contributed by atoms with E-state index in [9.17, 15) is 0 Å².